The van der Waals surface area contributed by atoms with Crippen LogP contribution in [0.4, 0.5) is 10.1 Å². The second kappa shape index (κ2) is 9.22. The first kappa shape index (κ1) is 20.7. The number of aryl methyl sites for hydroxylation is 1. The van der Waals surface area contributed by atoms with Gasteiger partial charge in [0.1, 0.15) is 0 Å². The quantitative estimate of drug-likeness (QED) is 0.321. The van der Waals surface area contributed by atoms with Crippen LogP contribution in [0.2, 0.25) is 0 Å². The summed E-state index contributed by atoms with van der Waals surface area (Å²) in [5.74, 6) is -4.46. The largest absolute Gasteiger partial charge is 0.478 e. The fourth-order valence-corrected chi connectivity index (χ4v) is 1.89. The number of hydrogen-bond donors (Lipinski definition) is 2. The number of carboxylic acids is 1. The highest BCUT2D eigenvalue weighted by Gasteiger charge is 2.20. The van der Waals surface area contributed by atoms with E-state index in [9.17, 15) is 23.6 Å². The molecular formula is C19H18FNO5. The van der Waals surface area contributed by atoms with Crippen molar-refractivity contribution in [2.24, 2.45) is 0 Å². The van der Waals surface area contributed by atoms with Crippen molar-refractivity contribution in [1.29, 1.82) is 0 Å². The van der Waals surface area contributed by atoms with Crippen molar-refractivity contribution in [2.45, 2.75) is 20.3 Å². The fraction of sp³-hybridized carbons (Fsp3) is 0.158. The number of carbonyl (C=O) groups excluding carboxylic acids is 3. The molecule has 0 aliphatic carbocycles. The highest BCUT2D eigenvalue weighted by Crippen LogP contribution is 2.17. The topological polar surface area (TPSA) is 101 Å². The number of anilines is 1. The molecule has 0 spiro atoms. The van der Waals surface area contributed by atoms with Crippen molar-refractivity contribution in [3.63, 3.8) is 0 Å². The number of ketones is 2. The average Bonchev–Trinajstić information content (AvgIpc) is 2.56. The zero-order valence-electron chi connectivity index (χ0n) is 14.3. The molecule has 1 aromatic rings. The number of carboxylic acid groups (broad SMARTS) is 1. The van der Waals surface area contributed by atoms with E-state index in [-0.39, 0.29) is 16.8 Å². The maximum Gasteiger partial charge on any atom is 0.335 e. The van der Waals surface area contributed by atoms with Crippen LogP contribution >= 0.6 is 0 Å². The summed E-state index contributed by atoms with van der Waals surface area (Å²) in [6.45, 7) is 6.22. The Morgan fingerprint density at radius 3 is 2.38 bits per heavy atom. The lowest BCUT2D eigenvalue weighted by Crippen LogP contribution is -2.25. The van der Waals surface area contributed by atoms with Crippen LogP contribution in [0.25, 0.3) is 0 Å². The van der Waals surface area contributed by atoms with Crippen molar-refractivity contribution in [2.75, 3.05) is 5.32 Å². The minimum atomic E-state index is -1.18. The molecule has 0 aliphatic rings. The number of amides is 1. The van der Waals surface area contributed by atoms with Gasteiger partial charge in [-0.2, -0.15) is 0 Å². The van der Waals surface area contributed by atoms with E-state index in [4.69, 9.17) is 5.11 Å². The van der Waals surface area contributed by atoms with Gasteiger partial charge in [-0.1, -0.05) is 18.7 Å². The van der Waals surface area contributed by atoms with Crippen LogP contribution in [0.5, 0.6) is 0 Å². The van der Waals surface area contributed by atoms with E-state index in [0.29, 0.717) is 5.56 Å². The second-order valence-corrected chi connectivity index (χ2v) is 5.39. The molecule has 1 rings (SSSR count). The first-order valence-electron chi connectivity index (χ1n) is 7.53. The molecule has 0 radical (unpaired) electrons. The summed E-state index contributed by atoms with van der Waals surface area (Å²) >= 11 is 0. The normalized spacial score (nSPS) is 11.7. The molecule has 136 valence electrons. The average molecular weight is 359 g/mol. The maximum absolute atomic E-state index is 12.7. The van der Waals surface area contributed by atoms with Crippen molar-refractivity contribution in [1.82, 2.24) is 0 Å². The Hall–Kier alpha value is -3.35. The van der Waals surface area contributed by atoms with E-state index < -0.39 is 35.7 Å². The fourth-order valence-electron chi connectivity index (χ4n) is 1.89. The van der Waals surface area contributed by atoms with Crippen LogP contribution in [0.1, 0.15) is 29.3 Å². The van der Waals surface area contributed by atoms with E-state index in [0.717, 1.165) is 18.2 Å². The van der Waals surface area contributed by atoms with Crippen LogP contribution in [0.3, 0.4) is 0 Å². The Bertz CT molecular complexity index is 832. The number of benzene rings is 1. The molecule has 7 heteroatoms. The number of carbonyl (C=O) groups is 4. The van der Waals surface area contributed by atoms with Gasteiger partial charge in [0.05, 0.1) is 17.8 Å². The van der Waals surface area contributed by atoms with Gasteiger partial charge in [-0.25, -0.2) is 9.18 Å². The maximum atomic E-state index is 12.7. The lowest BCUT2D eigenvalue weighted by molar-refractivity contribution is -0.136. The molecule has 0 saturated heterocycles. The third-order valence-electron chi connectivity index (χ3n) is 3.34. The van der Waals surface area contributed by atoms with Gasteiger partial charge in [-0.15, -0.1) is 0 Å². The molecule has 0 atom stereocenters. The highest BCUT2D eigenvalue weighted by atomic mass is 19.1. The number of hydrogen-bond acceptors (Lipinski definition) is 4. The number of halogens is 1. The molecule has 0 fully saturated rings. The van der Waals surface area contributed by atoms with Crippen LogP contribution in [0.15, 0.2) is 54.4 Å². The van der Waals surface area contributed by atoms with Crippen LogP contribution in [-0.2, 0) is 14.4 Å². The zero-order valence-corrected chi connectivity index (χ0v) is 14.3. The van der Waals surface area contributed by atoms with Gasteiger partial charge in [0.15, 0.2) is 5.78 Å². The predicted octanol–water partition coefficient (Wildman–Crippen LogP) is 3.15. The standard InChI is InChI=1S/C19H18FNO5/c1-4-13(8-6-12(3)20)16(22)10-17(23)18(24)21-15-9-14(19(25)26)7-5-11(15)2/h4-9H,1,10H2,2-3H3,(H,21,24)(H,25,26)/b12-6+,13-8+. The van der Waals surface area contributed by atoms with Crippen LogP contribution in [0, 0.1) is 6.92 Å². The number of aromatic carboxylic acids is 1. The molecule has 0 saturated carbocycles. The van der Waals surface area contributed by atoms with Gasteiger partial charge in [-0.05, 0) is 43.7 Å². The van der Waals surface area contributed by atoms with Crippen LogP contribution < -0.4 is 5.32 Å². The Morgan fingerprint density at radius 1 is 1.19 bits per heavy atom. The smallest absolute Gasteiger partial charge is 0.335 e. The molecule has 1 amide bonds. The number of nitrogens with one attached hydrogen (secondary N) is 1. The Morgan fingerprint density at radius 2 is 1.85 bits per heavy atom. The number of rotatable bonds is 8. The molecule has 0 aromatic heterocycles. The van der Waals surface area contributed by atoms with E-state index in [1.807, 2.05) is 0 Å². The molecular weight excluding hydrogens is 341 g/mol. The minimum Gasteiger partial charge on any atom is -0.478 e. The van der Waals surface area contributed by atoms with Crippen molar-refractivity contribution in [3.8, 4) is 0 Å². The minimum absolute atomic E-state index is 0.00722. The summed E-state index contributed by atoms with van der Waals surface area (Å²) < 4.78 is 12.7. The lowest BCUT2D eigenvalue weighted by Gasteiger charge is -2.08. The molecule has 0 aliphatic heterocycles. The summed E-state index contributed by atoms with van der Waals surface area (Å²) in [4.78, 5) is 46.9. The zero-order chi connectivity index (χ0) is 19.9. The third-order valence-corrected chi connectivity index (χ3v) is 3.34. The van der Waals surface area contributed by atoms with Gasteiger partial charge in [0.25, 0.3) is 5.91 Å². The molecule has 0 unspecified atom stereocenters. The van der Waals surface area contributed by atoms with Gasteiger partial charge < -0.3 is 10.4 Å². The Labute approximate surface area is 149 Å². The molecule has 0 heterocycles. The number of allylic oxidation sites excluding steroid dienone is 5. The molecule has 6 nitrogen and oxygen atoms in total. The van der Waals surface area contributed by atoms with Gasteiger partial charge in [0, 0.05) is 11.3 Å². The molecule has 0 bridgehead atoms. The summed E-state index contributed by atoms with van der Waals surface area (Å²) in [7, 11) is 0. The van der Waals surface area contributed by atoms with Crippen molar-refractivity contribution in [3.05, 3.63) is 65.5 Å². The van der Waals surface area contributed by atoms with Crippen molar-refractivity contribution >= 4 is 29.1 Å². The summed E-state index contributed by atoms with van der Waals surface area (Å²) in [6.07, 6.45) is 2.64. The first-order chi connectivity index (χ1) is 12.1. The van der Waals surface area contributed by atoms with E-state index >= 15 is 0 Å². The molecule has 26 heavy (non-hydrogen) atoms. The monoisotopic (exact) mass is 359 g/mol. The summed E-state index contributed by atoms with van der Waals surface area (Å²) in [6, 6.07) is 4.06. The molecule has 2 N–H and O–H groups in total. The highest BCUT2D eigenvalue weighted by molar-refractivity contribution is 6.44. The summed E-state index contributed by atoms with van der Waals surface area (Å²) in [5.41, 5.74) is 0.649. The van der Waals surface area contributed by atoms with Gasteiger partial charge in [0.2, 0.25) is 5.78 Å². The third kappa shape index (κ3) is 5.94. The van der Waals surface area contributed by atoms with Gasteiger partial charge in [-0.3, -0.25) is 14.4 Å². The molecule has 1 aromatic carbocycles. The van der Waals surface area contributed by atoms with Gasteiger partial charge >= 0.3 is 5.97 Å². The Kier molecular flexibility index (Phi) is 7.34. The number of Topliss-reactive ketones (excluding diaryl/α,β-unsaturated/α-hetero) is 2. The lowest BCUT2D eigenvalue weighted by atomic mass is 10.0. The van der Waals surface area contributed by atoms with E-state index in [1.54, 1.807) is 6.92 Å². The predicted molar refractivity (Wildman–Crippen MR) is 94.5 cm³/mol. The van der Waals surface area contributed by atoms with E-state index in [1.165, 1.54) is 25.1 Å². The second-order valence-electron chi connectivity index (χ2n) is 5.39. The van der Waals surface area contributed by atoms with Crippen LogP contribution in [-0.4, -0.2) is 28.5 Å². The van der Waals surface area contributed by atoms with E-state index in [2.05, 4.69) is 11.9 Å². The van der Waals surface area contributed by atoms with Crippen molar-refractivity contribution < 1.29 is 28.7 Å². The SMILES string of the molecule is C=C/C(=C\C=C(/C)F)C(=O)CC(=O)C(=O)Nc1cc(C(=O)O)ccc1C. The Balaban J connectivity index is 2.87. The first-order valence-corrected chi connectivity index (χ1v) is 7.53. The summed E-state index contributed by atoms with van der Waals surface area (Å²) in [5, 5.41) is 11.3.